The number of imidazole rings is 1. The second-order valence-corrected chi connectivity index (χ2v) is 6.03. The highest BCUT2D eigenvalue weighted by atomic mass is 127. The lowest BCUT2D eigenvalue weighted by atomic mass is 10.2. The summed E-state index contributed by atoms with van der Waals surface area (Å²) in [4.78, 5) is 11.5. The molecule has 2 heterocycles. The van der Waals surface area contributed by atoms with E-state index in [4.69, 9.17) is 4.99 Å². The molecule has 0 radical (unpaired) electrons. The first-order valence-corrected chi connectivity index (χ1v) is 8.72. The number of fused-ring (bicyclic) bond motifs is 1. The molecule has 3 rings (SSSR count). The molecule has 0 spiro atoms. The summed E-state index contributed by atoms with van der Waals surface area (Å²) in [6.07, 6.45) is 4.92. The highest BCUT2D eigenvalue weighted by Crippen LogP contribution is 2.06. The molecular formula is C20H26IN5. The summed E-state index contributed by atoms with van der Waals surface area (Å²) in [7, 11) is 2.07. The third-order valence-electron chi connectivity index (χ3n) is 4.00. The van der Waals surface area contributed by atoms with E-state index >= 15 is 0 Å². The number of guanidine groups is 1. The topological polar surface area (TPSA) is 44.9 Å². The average Bonchev–Trinajstić information content (AvgIpc) is 3.04. The predicted molar refractivity (Wildman–Crippen MR) is 118 cm³/mol. The van der Waals surface area contributed by atoms with Gasteiger partial charge in [0.15, 0.2) is 5.96 Å². The molecule has 0 unspecified atom stereocenters. The van der Waals surface area contributed by atoms with Crippen LogP contribution in [0, 0.1) is 0 Å². The molecule has 0 saturated heterocycles. The summed E-state index contributed by atoms with van der Waals surface area (Å²) < 4.78 is 2.05. The van der Waals surface area contributed by atoms with E-state index in [9.17, 15) is 0 Å². The predicted octanol–water partition coefficient (Wildman–Crippen LogP) is 3.59. The van der Waals surface area contributed by atoms with Crippen molar-refractivity contribution in [1.29, 1.82) is 0 Å². The molecule has 2 aromatic heterocycles. The summed E-state index contributed by atoms with van der Waals surface area (Å²) in [5.74, 6) is 0.926. The van der Waals surface area contributed by atoms with Gasteiger partial charge in [0.2, 0.25) is 0 Å². The zero-order chi connectivity index (χ0) is 17.5. The fourth-order valence-corrected chi connectivity index (χ4v) is 2.79. The van der Waals surface area contributed by atoms with Crippen molar-refractivity contribution in [2.75, 3.05) is 20.1 Å². The molecule has 138 valence electrons. The Kier molecular flexibility index (Phi) is 7.90. The second-order valence-electron chi connectivity index (χ2n) is 6.03. The Hall–Kier alpha value is -2.09. The molecule has 0 bridgehead atoms. The van der Waals surface area contributed by atoms with E-state index in [0.717, 1.165) is 36.8 Å². The van der Waals surface area contributed by atoms with Gasteiger partial charge in [0, 0.05) is 45.5 Å². The van der Waals surface area contributed by atoms with Crippen LogP contribution in [0.25, 0.3) is 5.65 Å². The largest absolute Gasteiger partial charge is 0.357 e. The number of halogens is 1. The summed E-state index contributed by atoms with van der Waals surface area (Å²) in [5, 5.41) is 3.37. The standard InChI is InChI=1S/C20H25N5.HI/c1-3-21-20(24(2)15-17-9-5-4-6-10-17)22-13-12-18-16-25-14-8-7-11-19(25)23-18;/h4-11,14,16H,3,12-13,15H2,1-2H3,(H,21,22);1H. The minimum absolute atomic E-state index is 0. The van der Waals surface area contributed by atoms with Crippen molar-refractivity contribution in [3.8, 4) is 0 Å². The zero-order valence-corrected chi connectivity index (χ0v) is 17.6. The van der Waals surface area contributed by atoms with Crippen LogP contribution >= 0.6 is 24.0 Å². The normalized spacial score (nSPS) is 11.2. The number of rotatable bonds is 6. The fraction of sp³-hybridized carbons (Fsp3) is 0.300. The summed E-state index contributed by atoms with van der Waals surface area (Å²) in [6, 6.07) is 16.5. The lowest BCUT2D eigenvalue weighted by Gasteiger charge is -2.22. The Morgan fingerprint density at radius 2 is 1.92 bits per heavy atom. The Morgan fingerprint density at radius 1 is 1.15 bits per heavy atom. The quantitative estimate of drug-likeness (QED) is 0.345. The smallest absolute Gasteiger partial charge is 0.193 e. The van der Waals surface area contributed by atoms with E-state index in [2.05, 4.69) is 59.6 Å². The SMILES string of the molecule is CCNC(=NCCc1cn2ccccc2n1)N(C)Cc1ccccc1.I. The van der Waals surface area contributed by atoms with Gasteiger partial charge in [0.1, 0.15) is 5.65 Å². The first kappa shape index (κ1) is 20.2. The van der Waals surface area contributed by atoms with E-state index in [1.807, 2.05) is 34.9 Å². The van der Waals surface area contributed by atoms with Crippen molar-refractivity contribution in [2.24, 2.45) is 4.99 Å². The van der Waals surface area contributed by atoms with Crippen LogP contribution in [0.15, 0.2) is 65.9 Å². The molecule has 6 heteroatoms. The maximum Gasteiger partial charge on any atom is 0.193 e. The minimum atomic E-state index is 0. The first-order valence-electron chi connectivity index (χ1n) is 8.72. The van der Waals surface area contributed by atoms with Gasteiger partial charge < -0.3 is 14.6 Å². The van der Waals surface area contributed by atoms with Gasteiger partial charge in [-0.2, -0.15) is 0 Å². The minimum Gasteiger partial charge on any atom is -0.357 e. The average molecular weight is 463 g/mol. The van der Waals surface area contributed by atoms with Crippen molar-refractivity contribution in [3.05, 3.63) is 72.2 Å². The molecule has 3 aromatic rings. The maximum atomic E-state index is 4.76. The van der Waals surface area contributed by atoms with Crippen LogP contribution in [0.1, 0.15) is 18.2 Å². The van der Waals surface area contributed by atoms with E-state index in [-0.39, 0.29) is 24.0 Å². The summed E-state index contributed by atoms with van der Waals surface area (Å²) in [6.45, 7) is 4.49. The van der Waals surface area contributed by atoms with Gasteiger partial charge in [-0.3, -0.25) is 4.99 Å². The Balaban J connectivity index is 0.00000243. The fourth-order valence-electron chi connectivity index (χ4n) is 2.79. The molecule has 5 nitrogen and oxygen atoms in total. The molecule has 26 heavy (non-hydrogen) atoms. The third-order valence-corrected chi connectivity index (χ3v) is 4.00. The number of nitrogens with one attached hydrogen (secondary N) is 1. The molecule has 0 aliphatic heterocycles. The number of nitrogens with zero attached hydrogens (tertiary/aromatic N) is 4. The van der Waals surface area contributed by atoms with Gasteiger partial charge in [-0.1, -0.05) is 36.4 Å². The van der Waals surface area contributed by atoms with E-state index in [1.54, 1.807) is 0 Å². The number of benzene rings is 1. The molecule has 0 fully saturated rings. The van der Waals surface area contributed by atoms with Crippen LogP contribution in [0.3, 0.4) is 0 Å². The Bertz CT molecular complexity index is 795. The first-order chi connectivity index (χ1) is 12.3. The highest BCUT2D eigenvalue weighted by Gasteiger charge is 2.07. The number of aromatic nitrogens is 2. The summed E-state index contributed by atoms with van der Waals surface area (Å²) in [5.41, 5.74) is 3.32. The van der Waals surface area contributed by atoms with Crippen LogP contribution in [0.2, 0.25) is 0 Å². The van der Waals surface area contributed by atoms with Crippen LogP contribution in [0.4, 0.5) is 0 Å². The van der Waals surface area contributed by atoms with Crippen molar-refractivity contribution < 1.29 is 0 Å². The molecule has 0 amide bonds. The summed E-state index contributed by atoms with van der Waals surface area (Å²) >= 11 is 0. The van der Waals surface area contributed by atoms with Crippen molar-refractivity contribution in [3.63, 3.8) is 0 Å². The second kappa shape index (κ2) is 10.2. The van der Waals surface area contributed by atoms with E-state index < -0.39 is 0 Å². The van der Waals surface area contributed by atoms with Gasteiger partial charge in [-0.15, -0.1) is 24.0 Å². The molecular weight excluding hydrogens is 437 g/mol. The lowest BCUT2D eigenvalue weighted by Crippen LogP contribution is -2.38. The molecule has 0 aliphatic rings. The van der Waals surface area contributed by atoms with Crippen LogP contribution in [-0.2, 0) is 13.0 Å². The molecule has 0 aliphatic carbocycles. The van der Waals surface area contributed by atoms with Gasteiger partial charge in [0.25, 0.3) is 0 Å². The van der Waals surface area contributed by atoms with Gasteiger partial charge in [-0.25, -0.2) is 4.98 Å². The Morgan fingerprint density at radius 3 is 2.65 bits per heavy atom. The van der Waals surface area contributed by atoms with E-state index in [0.29, 0.717) is 6.54 Å². The van der Waals surface area contributed by atoms with Crippen LogP contribution < -0.4 is 5.32 Å². The Labute approximate surface area is 172 Å². The number of hydrogen-bond acceptors (Lipinski definition) is 2. The van der Waals surface area contributed by atoms with Crippen LogP contribution in [0.5, 0.6) is 0 Å². The molecule has 1 aromatic carbocycles. The van der Waals surface area contributed by atoms with Crippen LogP contribution in [-0.4, -0.2) is 40.4 Å². The van der Waals surface area contributed by atoms with Crippen molar-refractivity contribution >= 4 is 35.6 Å². The van der Waals surface area contributed by atoms with E-state index in [1.165, 1.54) is 5.56 Å². The van der Waals surface area contributed by atoms with Crippen molar-refractivity contribution in [2.45, 2.75) is 19.9 Å². The molecule has 0 atom stereocenters. The zero-order valence-electron chi connectivity index (χ0n) is 15.3. The highest BCUT2D eigenvalue weighted by molar-refractivity contribution is 14.0. The van der Waals surface area contributed by atoms with Crippen molar-refractivity contribution in [1.82, 2.24) is 19.6 Å². The third kappa shape index (κ3) is 5.45. The molecule has 0 saturated carbocycles. The van der Waals surface area contributed by atoms with Gasteiger partial charge >= 0.3 is 0 Å². The lowest BCUT2D eigenvalue weighted by molar-refractivity contribution is 0.477. The maximum absolute atomic E-state index is 4.76. The monoisotopic (exact) mass is 463 g/mol. The number of pyridine rings is 1. The van der Waals surface area contributed by atoms with Gasteiger partial charge in [-0.05, 0) is 24.6 Å². The van der Waals surface area contributed by atoms with Gasteiger partial charge in [0.05, 0.1) is 5.69 Å². The number of hydrogen-bond donors (Lipinski definition) is 1. The molecule has 1 N–H and O–H groups in total. The number of aliphatic imine (C=N–C) groups is 1.